The van der Waals surface area contributed by atoms with E-state index in [1.807, 2.05) is 4.90 Å². The number of rotatable bonds is 8. The van der Waals surface area contributed by atoms with Crippen LogP contribution in [0.25, 0.3) is 11.1 Å². The first-order valence-corrected chi connectivity index (χ1v) is 12.3. The average Bonchev–Trinajstić information content (AvgIpc) is 3.30. The lowest BCUT2D eigenvalue weighted by molar-refractivity contribution is -0.125. The van der Waals surface area contributed by atoms with Gasteiger partial charge in [0.15, 0.2) is 0 Å². The lowest BCUT2D eigenvalue weighted by atomic mass is 9.86. The molecule has 5 rings (SSSR count). The van der Waals surface area contributed by atoms with Crippen molar-refractivity contribution in [2.75, 3.05) is 20.3 Å². The zero-order valence-electron chi connectivity index (χ0n) is 19.4. The summed E-state index contributed by atoms with van der Waals surface area (Å²) in [6.45, 7) is 1.06. The molecule has 0 aromatic heterocycles. The molecule has 5 heteroatoms. The van der Waals surface area contributed by atoms with Crippen molar-refractivity contribution in [2.24, 2.45) is 5.92 Å². The van der Waals surface area contributed by atoms with E-state index >= 15 is 0 Å². The third kappa shape index (κ3) is 4.31. The van der Waals surface area contributed by atoms with Gasteiger partial charge in [-0.05, 0) is 60.8 Å². The Morgan fingerprint density at radius 3 is 2.12 bits per heavy atom. The molecule has 0 spiro atoms. The molecule has 2 heterocycles. The molecular formula is C28H33NO4. The molecule has 5 nitrogen and oxygen atoms in total. The second-order valence-electron chi connectivity index (χ2n) is 9.68. The Labute approximate surface area is 196 Å². The number of benzene rings is 2. The van der Waals surface area contributed by atoms with E-state index in [1.54, 1.807) is 7.11 Å². The summed E-state index contributed by atoms with van der Waals surface area (Å²) in [6.07, 6.45) is 5.73. The molecule has 1 aliphatic carbocycles. The van der Waals surface area contributed by atoms with Gasteiger partial charge < -0.3 is 14.4 Å². The van der Waals surface area contributed by atoms with Crippen molar-refractivity contribution in [3.63, 3.8) is 0 Å². The van der Waals surface area contributed by atoms with E-state index in [2.05, 4.69) is 48.5 Å². The van der Waals surface area contributed by atoms with E-state index in [4.69, 9.17) is 9.47 Å². The van der Waals surface area contributed by atoms with Crippen molar-refractivity contribution in [3.8, 4) is 11.1 Å². The Hall–Kier alpha value is -2.66. The fourth-order valence-corrected chi connectivity index (χ4v) is 6.16. The van der Waals surface area contributed by atoms with Gasteiger partial charge in [0, 0.05) is 44.1 Å². The second kappa shape index (κ2) is 9.68. The maximum atomic E-state index is 13.2. The number of amides is 1. The monoisotopic (exact) mass is 447 g/mol. The predicted molar refractivity (Wildman–Crippen MR) is 127 cm³/mol. The first kappa shape index (κ1) is 22.1. The molecule has 33 heavy (non-hydrogen) atoms. The molecule has 3 aliphatic rings. The summed E-state index contributed by atoms with van der Waals surface area (Å²) in [4.78, 5) is 27.8. The highest BCUT2D eigenvalue weighted by atomic mass is 16.6. The van der Waals surface area contributed by atoms with Gasteiger partial charge in [-0.3, -0.25) is 4.79 Å². The SMILES string of the molecule is COCCCCC(=O)C1CC2CCC(C1)N2C(=O)OCC1c2ccccc2-c2ccccc21. The molecule has 2 aliphatic heterocycles. The zero-order valence-corrected chi connectivity index (χ0v) is 19.4. The van der Waals surface area contributed by atoms with E-state index < -0.39 is 0 Å². The number of nitrogens with zero attached hydrogens (tertiary/aromatic N) is 1. The summed E-state index contributed by atoms with van der Waals surface area (Å²) in [5, 5.41) is 0. The largest absolute Gasteiger partial charge is 0.448 e. The number of methoxy groups -OCH3 is 1. The Balaban J connectivity index is 1.20. The highest BCUT2D eigenvalue weighted by Gasteiger charge is 2.45. The van der Waals surface area contributed by atoms with Crippen LogP contribution in [0.4, 0.5) is 4.79 Å². The topological polar surface area (TPSA) is 55.8 Å². The fourth-order valence-electron chi connectivity index (χ4n) is 6.16. The number of fused-ring (bicyclic) bond motifs is 5. The third-order valence-electron chi connectivity index (χ3n) is 7.76. The van der Waals surface area contributed by atoms with Crippen LogP contribution in [0.3, 0.4) is 0 Å². The van der Waals surface area contributed by atoms with Crippen LogP contribution in [-0.2, 0) is 14.3 Å². The van der Waals surface area contributed by atoms with Crippen molar-refractivity contribution >= 4 is 11.9 Å². The predicted octanol–water partition coefficient (Wildman–Crippen LogP) is 5.56. The summed E-state index contributed by atoms with van der Waals surface area (Å²) in [7, 11) is 1.69. The van der Waals surface area contributed by atoms with Gasteiger partial charge in [0.05, 0.1) is 0 Å². The van der Waals surface area contributed by atoms with Gasteiger partial charge >= 0.3 is 6.09 Å². The maximum Gasteiger partial charge on any atom is 0.410 e. The fraction of sp³-hybridized carbons (Fsp3) is 0.500. The smallest absolute Gasteiger partial charge is 0.410 e. The zero-order chi connectivity index (χ0) is 22.8. The number of ether oxygens (including phenoxy) is 2. The van der Waals surface area contributed by atoms with Crippen LogP contribution in [-0.4, -0.2) is 49.2 Å². The molecule has 2 fully saturated rings. The van der Waals surface area contributed by atoms with Crippen LogP contribution >= 0.6 is 0 Å². The summed E-state index contributed by atoms with van der Waals surface area (Å²) in [5.74, 6) is 0.517. The third-order valence-corrected chi connectivity index (χ3v) is 7.76. The van der Waals surface area contributed by atoms with Crippen molar-refractivity contribution in [2.45, 2.75) is 62.9 Å². The Morgan fingerprint density at radius 2 is 1.52 bits per heavy atom. The maximum absolute atomic E-state index is 13.2. The molecule has 0 saturated carbocycles. The van der Waals surface area contributed by atoms with Gasteiger partial charge in [0.25, 0.3) is 0 Å². The first-order valence-electron chi connectivity index (χ1n) is 12.3. The van der Waals surface area contributed by atoms with E-state index in [0.29, 0.717) is 25.4 Å². The molecule has 0 radical (unpaired) electrons. The minimum Gasteiger partial charge on any atom is -0.448 e. The number of hydrogen-bond donors (Lipinski definition) is 0. The van der Waals surface area contributed by atoms with Gasteiger partial charge in [0.2, 0.25) is 0 Å². The molecule has 1 amide bonds. The Bertz CT molecular complexity index is 959. The van der Waals surface area contributed by atoms with Crippen molar-refractivity contribution in [3.05, 3.63) is 59.7 Å². The van der Waals surface area contributed by atoms with Crippen molar-refractivity contribution in [1.82, 2.24) is 4.90 Å². The van der Waals surface area contributed by atoms with Gasteiger partial charge in [-0.2, -0.15) is 0 Å². The molecule has 0 N–H and O–H groups in total. The van der Waals surface area contributed by atoms with E-state index in [9.17, 15) is 9.59 Å². The van der Waals surface area contributed by atoms with Crippen LogP contribution in [0.1, 0.15) is 62.0 Å². The van der Waals surface area contributed by atoms with E-state index in [-0.39, 0.29) is 30.0 Å². The lowest BCUT2D eigenvalue weighted by Gasteiger charge is -2.37. The average molecular weight is 448 g/mol. The van der Waals surface area contributed by atoms with Crippen LogP contribution in [0.15, 0.2) is 48.5 Å². The van der Waals surface area contributed by atoms with Crippen LogP contribution in [0.2, 0.25) is 0 Å². The van der Waals surface area contributed by atoms with Crippen LogP contribution < -0.4 is 0 Å². The van der Waals surface area contributed by atoms with Gasteiger partial charge in [-0.1, -0.05) is 48.5 Å². The molecule has 2 saturated heterocycles. The number of carbonyl (C=O) groups excluding carboxylic acids is 2. The normalized spacial score (nSPS) is 23.3. The van der Waals surface area contributed by atoms with Gasteiger partial charge in [-0.25, -0.2) is 4.79 Å². The standard InChI is InChI=1S/C28H33NO4/c1-32-15-7-6-12-27(30)19-16-20-13-14-21(17-19)29(20)28(31)33-18-26-24-10-4-2-8-22(24)23-9-3-5-11-25(23)26/h2-5,8-11,19-21,26H,6-7,12-18H2,1H3. The summed E-state index contributed by atoms with van der Waals surface area (Å²) < 4.78 is 11.0. The molecule has 2 aromatic rings. The number of unbranched alkanes of at least 4 members (excludes halogenated alkanes) is 1. The number of piperidine rings is 1. The number of Topliss-reactive ketones (excluding diaryl/α,β-unsaturated/α-hetero) is 1. The van der Waals surface area contributed by atoms with Crippen LogP contribution in [0, 0.1) is 5.92 Å². The number of ketones is 1. The minimum absolute atomic E-state index is 0.0743. The highest BCUT2D eigenvalue weighted by molar-refractivity contribution is 5.82. The molecule has 2 atom stereocenters. The number of hydrogen-bond acceptors (Lipinski definition) is 4. The Kier molecular flexibility index (Phi) is 6.50. The summed E-state index contributed by atoms with van der Waals surface area (Å²) >= 11 is 0. The van der Waals surface area contributed by atoms with Crippen LogP contribution in [0.5, 0.6) is 0 Å². The summed E-state index contributed by atoms with van der Waals surface area (Å²) in [5.41, 5.74) is 4.93. The molecule has 2 bridgehead atoms. The quantitative estimate of drug-likeness (QED) is 0.497. The second-order valence-corrected chi connectivity index (χ2v) is 9.68. The van der Waals surface area contributed by atoms with Crippen molar-refractivity contribution in [1.29, 1.82) is 0 Å². The minimum atomic E-state index is -0.213. The highest BCUT2D eigenvalue weighted by Crippen LogP contribution is 2.45. The summed E-state index contributed by atoms with van der Waals surface area (Å²) in [6, 6.07) is 17.1. The Morgan fingerprint density at radius 1 is 0.909 bits per heavy atom. The van der Waals surface area contributed by atoms with E-state index in [0.717, 1.165) is 38.5 Å². The van der Waals surface area contributed by atoms with Crippen molar-refractivity contribution < 1.29 is 19.1 Å². The van der Waals surface area contributed by atoms with E-state index in [1.165, 1.54) is 22.3 Å². The van der Waals surface area contributed by atoms with Gasteiger partial charge in [0.1, 0.15) is 12.4 Å². The molecule has 2 aromatic carbocycles. The van der Waals surface area contributed by atoms with Gasteiger partial charge in [-0.15, -0.1) is 0 Å². The molecule has 174 valence electrons. The lowest BCUT2D eigenvalue weighted by Crippen LogP contribution is -2.48. The number of carbonyl (C=O) groups is 2. The first-order chi connectivity index (χ1) is 16.2. The molecular weight excluding hydrogens is 414 g/mol. The molecule has 2 unspecified atom stereocenters.